The summed E-state index contributed by atoms with van der Waals surface area (Å²) in [5, 5.41) is 8.87. The zero-order chi connectivity index (χ0) is 17.0. The van der Waals surface area contributed by atoms with E-state index in [4.69, 9.17) is 5.11 Å². The van der Waals surface area contributed by atoms with Crippen LogP contribution in [0.15, 0.2) is 24.5 Å². The Hall–Kier alpha value is -2.02. The second kappa shape index (κ2) is 7.50. The lowest BCUT2D eigenvalue weighted by Gasteiger charge is -2.24. The molecule has 0 saturated heterocycles. The lowest BCUT2D eigenvalue weighted by atomic mass is 10.3. The molecule has 0 bridgehead atoms. The van der Waals surface area contributed by atoms with E-state index in [2.05, 4.69) is 4.98 Å². The number of pyridine rings is 1. The molecule has 0 aromatic carbocycles. The van der Waals surface area contributed by atoms with E-state index in [0.29, 0.717) is 5.75 Å². The molecule has 0 radical (unpaired) electrons. The molecule has 0 aliphatic heterocycles. The highest BCUT2D eigenvalue weighted by atomic mass is 32.2. The van der Waals surface area contributed by atoms with E-state index in [-0.39, 0.29) is 24.2 Å². The molecule has 23 heavy (non-hydrogen) atoms. The fraction of sp³-hybridized carbons (Fsp3) is 0.438. The molecule has 1 amide bonds. The number of aryl methyl sites for hydroxylation is 1. The number of aromatic nitrogens is 2. The van der Waals surface area contributed by atoms with Gasteiger partial charge >= 0.3 is 5.97 Å². The molecule has 0 aliphatic carbocycles. The van der Waals surface area contributed by atoms with Crippen LogP contribution in [0, 0.1) is 6.92 Å². The topological polar surface area (TPSA) is 74.9 Å². The second-order valence-corrected chi connectivity index (χ2v) is 6.69. The van der Waals surface area contributed by atoms with Crippen LogP contribution in [-0.4, -0.2) is 49.6 Å². The van der Waals surface area contributed by atoms with Crippen LogP contribution in [0.1, 0.15) is 25.1 Å². The maximum absolute atomic E-state index is 12.1. The van der Waals surface area contributed by atoms with Gasteiger partial charge in [0, 0.05) is 24.2 Å². The van der Waals surface area contributed by atoms with Gasteiger partial charge in [0.2, 0.25) is 5.91 Å². The maximum Gasteiger partial charge on any atom is 0.323 e. The van der Waals surface area contributed by atoms with Gasteiger partial charge < -0.3 is 14.4 Å². The van der Waals surface area contributed by atoms with Gasteiger partial charge in [0.05, 0.1) is 11.4 Å². The molecule has 124 valence electrons. The predicted octanol–water partition coefficient (Wildman–Crippen LogP) is 2.20. The Labute approximate surface area is 139 Å². The number of amides is 1. The summed E-state index contributed by atoms with van der Waals surface area (Å²) in [5.41, 5.74) is 2.94. The Balaban J connectivity index is 1.92. The maximum atomic E-state index is 12.1. The quantitative estimate of drug-likeness (QED) is 0.839. The molecule has 0 spiro atoms. The van der Waals surface area contributed by atoms with Gasteiger partial charge in [-0.3, -0.25) is 9.59 Å². The number of imidazole rings is 1. The van der Waals surface area contributed by atoms with Crippen LogP contribution in [-0.2, 0) is 15.3 Å². The van der Waals surface area contributed by atoms with Crippen molar-refractivity contribution in [3.63, 3.8) is 0 Å². The van der Waals surface area contributed by atoms with Crippen molar-refractivity contribution in [1.82, 2.24) is 14.3 Å². The van der Waals surface area contributed by atoms with Crippen molar-refractivity contribution in [2.75, 3.05) is 12.3 Å². The number of hydrogen-bond donors (Lipinski definition) is 1. The van der Waals surface area contributed by atoms with E-state index in [1.165, 1.54) is 16.7 Å². The van der Waals surface area contributed by atoms with Crippen LogP contribution in [0.2, 0.25) is 0 Å². The van der Waals surface area contributed by atoms with Crippen molar-refractivity contribution in [2.45, 2.75) is 32.6 Å². The van der Waals surface area contributed by atoms with Gasteiger partial charge in [0.1, 0.15) is 12.2 Å². The second-order valence-electron chi connectivity index (χ2n) is 5.71. The minimum absolute atomic E-state index is 0.127. The van der Waals surface area contributed by atoms with Crippen molar-refractivity contribution >= 4 is 29.3 Å². The highest BCUT2D eigenvalue weighted by Crippen LogP contribution is 2.15. The van der Waals surface area contributed by atoms with E-state index >= 15 is 0 Å². The molecule has 2 aromatic heterocycles. The molecule has 2 aromatic rings. The minimum atomic E-state index is -0.993. The van der Waals surface area contributed by atoms with Gasteiger partial charge in [-0.25, -0.2) is 4.98 Å². The van der Waals surface area contributed by atoms with E-state index < -0.39 is 5.97 Å². The summed E-state index contributed by atoms with van der Waals surface area (Å²) in [5.74, 6) is -0.288. The summed E-state index contributed by atoms with van der Waals surface area (Å²) in [6.07, 6.45) is 3.96. The van der Waals surface area contributed by atoms with Crippen LogP contribution < -0.4 is 0 Å². The van der Waals surface area contributed by atoms with E-state index in [9.17, 15) is 9.59 Å². The van der Waals surface area contributed by atoms with Gasteiger partial charge in [-0.05, 0) is 32.4 Å². The molecule has 0 saturated carbocycles. The van der Waals surface area contributed by atoms with Gasteiger partial charge in [-0.1, -0.05) is 6.07 Å². The van der Waals surface area contributed by atoms with Crippen molar-refractivity contribution in [1.29, 1.82) is 0 Å². The molecule has 0 unspecified atom stereocenters. The van der Waals surface area contributed by atoms with Crippen molar-refractivity contribution in [3.05, 3.63) is 35.8 Å². The third-order valence-electron chi connectivity index (χ3n) is 3.37. The molecule has 0 aliphatic rings. The molecular formula is C16H21N3O3S. The first-order valence-corrected chi connectivity index (χ1v) is 8.55. The number of thioether (sulfide) groups is 1. The molecule has 1 N–H and O–H groups in total. The minimum Gasteiger partial charge on any atom is -0.480 e. The molecule has 0 fully saturated rings. The van der Waals surface area contributed by atoms with Gasteiger partial charge in [-0.15, -0.1) is 11.8 Å². The monoisotopic (exact) mass is 335 g/mol. The number of carbonyl (C=O) groups is 2. The fourth-order valence-corrected chi connectivity index (χ4v) is 3.05. The highest BCUT2D eigenvalue weighted by Gasteiger charge is 2.19. The number of rotatable bonds is 7. The largest absolute Gasteiger partial charge is 0.480 e. The van der Waals surface area contributed by atoms with Crippen LogP contribution in [0.5, 0.6) is 0 Å². The Morgan fingerprint density at radius 1 is 1.35 bits per heavy atom. The highest BCUT2D eigenvalue weighted by molar-refractivity contribution is 7.99. The molecule has 2 rings (SSSR count). The molecule has 2 heterocycles. The lowest BCUT2D eigenvalue weighted by molar-refractivity contribution is -0.144. The van der Waals surface area contributed by atoms with Crippen LogP contribution >= 0.6 is 11.8 Å². The standard InChI is InChI=1S/C16H21N3O3S/c1-11(2)19(8-16(21)22)15(20)10-23-9-13-7-18-6-12(3)4-5-14(18)17-13/h4-7,11H,8-10H2,1-3H3,(H,21,22). The third-order valence-corrected chi connectivity index (χ3v) is 4.32. The van der Waals surface area contributed by atoms with Gasteiger partial charge in [-0.2, -0.15) is 0 Å². The zero-order valence-electron chi connectivity index (χ0n) is 13.5. The Morgan fingerprint density at radius 2 is 2.09 bits per heavy atom. The number of carboxylic acid groups (broad SMARTS) is 1. The van der Waals surface area contributed by atoms with Gasteiger partial charge in [0.25, 0.3) is 0 Å². The fourth-order valence-electron chi connectivity index (χ4n) is 2.26. The Morgan fingerprint density at radius 3 is 2.74 bits per heavy atom. The summed E-state index contributed by atoms with van der Waals surface area (Å²) in [6.45, 7) is 5.39. The lowest BCUT2D eigenvalue weighted by Crippen LogP contribution is -2.41. The van der Waals surface area contributed by atoms with E-state index in [1.54, 1.807) is 0 Å². The average molecular weight is 335 g/mol. The summed E-state index contributed by atoms with van der Waals surface area (Å²) in [4.78, 5) is 28.9. The zero-order valence-corrected chi connectivity index (χ0v) is 14.3. The summed E-state index contributed by atoms with van der Waals surface area (Å²) in [6, 6.07) is 3.84. The first-order valence-electron chi connectivity index (χ1n) is 7.40. The number of fused-ring (bicyclic) bond motifs is 1. The average Bonchev–Trinajstić information content (AvgIpc) is 2.85. The van der Waals surface area contributed by atoms with Crippen molar-refractivity contribution < 1.29 is 14.7 Å². The summed E-state index contributed by atoms with van der Waals surface area (Å²) in [7, 11) is 0. The predicted molar refractivity (Wildman–Crippen MR) is 90.6 cm³/mol. The Bertz CT molecular complexity index is 712. The number of aliphatic carboxylic acids is 1. The van der Waals surface area contributed by atoms with Crippen molar-refractivity contribution in [3.8, 4) is 0 Å². The summed E-state index contributed by atoms with van der Waals surface area (Å²) >= 11 is 1.45. The van der Waals surface area contributed by atoms with Gasteiger partial charge in [0.15, 0.2) is 0 Å². The number of nitrogens with zero attached hydrogens (tertiary/aromatic N) is 3. The van der Waals surface area contributed by atoms with Crippen LogP contribution in [0.3, 0.4) is 0 Å². The smallest absolute Gasteiger partial charge is 0.323 e. The SMILES string of the molecule is Cc1ccc2nc(CSCC(=O)N(CC(=O)O)C(C)C)cn2c1. The normalized spacial score (nSPS) is 11.1. The molecule has 0 atom stereocenters. The molecule has 6 nitrogen and oxygen atoms in total. The molecule has 7 heteroatoms. The van der Waals surface area contributed by atoms with Crippen LogP contribution in [0.4, 0.5) is 0 Å². The van der Waals surface area contributed by atoms with Crippen LogP contribution in [0.25, 0.3) is 5.65 Å². The first kappa shape index (κ1) is 17.3. The number of carbonyl (C=O) groups excluding carboxylic acids is 1. The van der Waals surface area contributed by atoms with E-state index in [1.807, 2.05) is 49.7 Å². The number of carboxylic acids is 1. The first-order chi connectivity index (χ1) is 10.9. The Kier molecular flexibility index (Phi) is 5.65. The summed E-state index contributed by atoms with van der Waals surface area (Å²) < 4.78 is 1.97. The third kappa shape index (κ3) is 4.72. The van der Waals surface area contributed by atoms with Crippen molar-refractivity contribution in [2.24, 2.45) is 0 Å². The molecular weight excluding hydrogens is 314 g/mol. The number of hydrogen-bond acceptors (Lipinski definition) is 4. The van der Waals surface area contributed by atoms with E-state index in [0.717, 1.165) is 16.9 Å².